The Kier molecular flexibility index (Phi) is 2.07. The summed E-state index contributed by atoms with van der Waals surface area (Å²) in [6, 6.07) is 1.89. The molecule has 0 bridgehead atoms. The minimum Gasteiger partial charge on any atom is -0.343 e. The molecule has 0 aliphatic rings. The summed E-state index contributed by atoms with van der Waals surface area (Å²) in [5, 5.41) is 0.575. The van der Waals surface area contributed by atoms with Crippen LogP contribution in [0.25, 0.3) is 11.0 Å². The molecule has 2 heterocycles. The van der Waals surface area contributed by atoms with Gasteiger partial charge in [0.25, 0.3) is 0 Å². The monoisotopic (exact) mass is 206 g/mol. The van der Waals surface area contributed by atoms with Crippen LogP contribution in [0.4, 0.5) is 4.39 Å². The van der Waals surface area contributed by atoms with Gasteiger partial charge in [0.15, 0.2) is 0 Å². The molecule has 0 aromatic carbocycles. The Labute approximate surface area is 88.5 Å². The number of aromatic amines is 1. The van der Waals surface area contributed by atoms with Crippen molar-refractivity contribution in [2.24, 2.45) is 0 Å². The fourth-order valence-corrected chi connectivity index (χ4v) is 1.87. The number of hydrogen-bond acceptors (Lipinski definition) is 1. The van der Waals surface area contributed by atoms with Crippen molar-refractivity contribution in [2.75, 3.05) is 0 Å². The Morgan fingerprint density at radius 3 is 2.60 bits per heavy atom. The maximum atomic E-state index is 13.4. The van der Waals surface area contributed by atoms with Crippen LogP contribution in [0, 0.1) is 12.7 Å². The van der Waals surface area contributed by atoms with Crippen molar-refractivity contribution in [2.45, 2.75) is 33.1 Å². The largest absolute Gasteiger partial charge is 0.343 e. The maximum absolute atomic E-state index is 13.4. The molecule has 0 fully saturated rings. The predicted molar refractivity (Wildman–Crippen MR) is 59.5 cm³/mol. The highest BCUT2D eigenvalue weighted by Gasteiger charge is 2.19. The highest BCUT2D eigenvalue weighted by Crippen LogP contribution is 2.28. The van der Waals surface area contributed by atoms with Gasteiger partial charge in [0.2, 0.25) is 0 Å². The Morgan fingerprint density at radius 1 is 1.33 bits per heavy atom. The van der Waals surface area contributed by atoms with Crippen LogP contribution in [0.5, 0.6) is 0 Å². The Balaban J connectivity index is 2.76. The summed E-state index contributed by atoms with van der Waals surface area (Å²) in [5.74, 6) is -0.233. The van der Waals surface area contributed by atoms with Crippen molar-refractivity contribution in [3.05, 3.63) is 29.3 Å². The number of fused-ring (bicyclic) bond motifs is 1. The third-order valence-electron chi connectivity index (χ3n) is 2.61. The van der Waals surface area contributed by atoms with Crippen molar-refractivity contribution >= 4 is 11.0 Å². The second kappa shape index (κ2) is 3.05. The van der Waals surface area contributed by atoms with E-state index in [9.17, 15) is 4.39 Å². The van der Waals surface area contributed by atoms with Gasteiger partial charge in [-0.3, -0.25) is 0 Å². The van der Waals surface area contributed by atoms with Gasteiger partial charge >= 0.3 is 0 Å². The molecule has 0 aliphatic carbocycles. The molecule has 15 heavy (non-hydrogen) atoms. The van der Waals surface area contributed by atoms with Crippen molar-refractivity contribution in [3.63, 3.8) is 0 Å². The lowest BCUT2D eigenvalue weighted by atomic mass is 9.85. The van der Waals surface area contributed by atoms with Crippen LogP contribution in [0.15, 0.2) is 12.3 Å². The van der Waals surface area contributed by atoms with Gasteiger partial charge in [0, 0.05) is 11.9 Å². The number of pyridine rings is 1. The molecule has 0 aliphatic heterocycles. The standard InChI is InChI=1S/C12H15FN2/c1-7-9(12(2,3)4)5-8-10(13)6-14-11(8)15-7/h5-6H,1-4H3,(H,14,15). The molecule has 2 aromatic heterocycles. The number of aryl methyl sites for hydroxylation is 1. The lowest BCUT2D eigenvalue weighted by molar-refractivity contribution is 0.583. The summed E-state index contributed by atoms with van der Waals surface area (Å²) in [7, 11) is 0. The molecule has 0 unspecified atom stereocenters. The normalized spacial score (nSPS) is 12.3. The van der Waals surface area contributed by atoms with E-state index in [0.29, 0.717) is 11.0 Å². The Hall–Kier alpha value is -1.38. The molecule has 0 radical (unpaired) electrons. The number of H-pyrrole nitrogens is 1. The second-order valence-corrected chi connectivity index (χ2v) is 4.90. The summed E-state index contributed by atoms with van der Waals surface area (Å²) >= 11 is 0. The van der Waals surface area contributed by atoms with Crippen LogP contribution < -0.4 is 0 Å². The first-order chi connectivity index (χ1) is 6.89. The van der Waals surface area contributed by atoms with Crippen LogP contribution in [0.2, 0.25) is 0 Å². The van der Waals surface area contributed by atoms with E-state index in [1.165, 1.54) is 6.20 Å². The van der Waals surface area contributed by atoms with Gasteiger partial charge < -0.3 is 4.98 Å². The summed E-state index contributed by atoms with van der Waals surface area (Å²) < 4.78 is 13.4. The number of aromatic nitrogens is 2. The van der Waals surface area contributed by atoms with E-state index in [0.717, 1.165) is 11.3 Å². The van der Waals surface area contributed by atoms with Gasteiger partial charge in [-0.05, 0) is 24.0 Å². The number of halogens is 1. The minimum atomic E-state index is -0.233. The summed E-state index contributed by atoms with van der Waals surface area (Å²) in [6.07, 6.45) is 1.35. The number of hydrogen-bond donors (Lipinski definition) is 1. The zero-order valence-corrected chi connectivity index (χ0v) is 9.48. The fourth-order valence-electron chi connectivity index (χ4n) is 1.87. The predicted octanol–water partition coefficient (Wildman–Crippen LogP) is 3.31. The first-order valence-electron chi connectivity index (χ1n) is 5.04. The molecule has 0 atom stereocenters. The average molecular weight is 206 g/mol. The van der Waals surface area contributed by atoms with Gasteiger partial charge in [0.05, 0.1) is 5.39 Å². The van der Waals surface area contributed by atoms with Gasteiger partial charge in [-0.1, -0.05) is 20.8 Å². The molecular formula is C12H15FN2. The number of nitrogens with zero attached hydrogens (tertiary/aromatic N) is 1. The smallest absolute Gasteiger partial charge is 0.150 e. The van der Waals surface area contributed by atoms with Gasteiger partial charge in [-0.2, -0.15) is 0 Å². The lowest BCUT2D eigenvalue weighted by Crippen LogP contribution is -2.13. The topological polar surface area (TPSA) is 28.7 Å². The fraction of sp³-hybridized carbons (Fsp3) is 0.417. The molecule has 2 aromatic rings. The van der Waals surface area contributed by atoms with Crippen LogP contribution >= 0.6 is 0 Å². The molecule has 0 spiro atoms. The SMILES string of the molecule is Cc1nc2[nH]cc(F)c2cc1C(C)(C)C. The third-order valence-corrected chi connectivity index (χ3v) is 2.61. The van der Waals surface area contributed by atoms with E-state index in [-0.39, 0.29) is 11.2 Å². The highest BCUT2D eigenvalue weighted by molar-refractivity contribution is 5.77. The zero-order chi connectivity index (χ0) is 11.2. The highest BCUT2D eigenvalue weighted by atomic mass is 19.1. The second-order valence-electron chi connectivity index (χ2n) is 4.90. The van der Waals surface area contributed by atoms with Crippen LogP contribution in [0.1, 0.15) is 32.0 Å². The van der Waals surface area contributed by atoms with Crippen LogP contribution in [0.3, 0.4) is 0 Å². The van der Waals surface area contributed by atoms with Gasteiger partial charge in [0.1, 0.15) is 11.5 Å². The molecular weight excluding hydrogens is 191 g/mol. The molecule has 2 rings (SSSR count). The molecule has 2 nitrogen and oxygen atoms in total. The van der Waals surface area contributed by atoms with E-state index in [2.05, 4.69) is 30.7 Å². The molecule has 0 saturated heterocycles. The maximum Gasteiger partial charge on any atom is 0.150 e. The van der Waals surface area contributed by atoms with Gasteiger partial charge in [-0.15, -0.1) is 0 Å². The first-order valence-corrected chi connectivity index (χ1v) is 5.04. The third kappa shape index (κ3) is 1.62. The Bertz CT molecular complexity index is 506. The van der Waals surface area contributed by atoms with E-state index in [1.54, 1.807) is 0 Å². The molecule has 1 N–H and O–H groups in total. The lowest BCUT2D eigenvalue weighted by Gasteiger charge is -2.20. The molecule has 0 amide bonds. The van der Waals surface area contributed by atoms with E-state index >= 15 is 0 Å². The van der Waals surface area contributed by atoms with Crippen molar-refractivity contribution < 1.29 is 4.39 Å². The van der Waals surface area contributed by atoms with E-state index < -0.39 is 0 Å². The van der Waals surface area contributed by atoms with Crippen molar-refractivity contribution in [3.8, 4) is 0 Å². The molecule has 3 heteroatoms. The summed E-state index contributed by atoms with van der Waals surface area (Å²) in [6.45, 7) is 8.27. The van der Waals surface area contributed by atoms with Crippen LogP contribution in [-0.2, 0) is 5.41 Å². The average Bonchev–Trinajstić information content (AvgIpc) is 2.44. The zero-order valence-electron chi connectivity index (χ0n) is 9.48. The summed E-state index contributed by atoms with van der Waals surface area (Å²) in [4.78, 5) is 7.19. The van der Waals surface area contributed by atoms with Crippen molar-refractivity contribution in [1.82, 2.24) is 9.97 Å². The van der Waals surface area contributed by atoms with Crippen molar-refractivity contribution in [1.29, 1.82) is 0 Å². The Morgan fingerprint density at radius 2 is 2.00 bits per heavy atom. The quantitative estimate of drug-likeness (QED) is 0.703. The number of nitrogens with one attached hydrogen (secondary N) is 1. The molecule has 0 saturated carbocycles. The van der Waals surface area contributed by atoms with E-state index in [1.807, 2.05) is 13.0 Å². The van der Waals surface area contributed by atoms with Gasteiger partial charge in [-0.25, -0.2) is 9.37 Å². The van der Waals surface area contributed by atoms with Crippen LogP contribution in [-0.4, -0.2) is 9.97 Å². The number of rotatable bonds is 0. The van der Waals surface area contributed by atoms with E-state index in [4.69, 9.17) is 0 Å². The summed E-state index contributed by atoms with van der Waals surface area (Å²) in [5.41, 5.74) is 2.66. The minimum absolute atomic E-state index is 0.00498. The first kappa shape index (κ1) is 10.1. The molecule has 80 valence electrons.